The smallest absolute Gasteiger partial charge is 0.267 e. The van der Waals surface area contributed by atoms with Gasteiger partial charge in [-0.05, 0) is 30.3 Å². The molecule has 0 saturated heterocycles. The van der Waals surface area contributed by atoms with Gasteiger partial charge in [0, 0.05) is 17.1 Å². The number of nitrogens with one attached hydrogen (secondary N) is 2. The van der Waals surface area contributed by atoms with Gasteiger partial charge in [-0.1, -0.05) is 6.07 Å². The van der Waals surface area contributed by atoms with Crippen LogP contribution >= 0.6 is 0 Å². The summed E-state index contributed by atoms with van der Waals surface area (Å²) < 4.78 is 77.4. The molecule has 0 unspecified atom stereocenters. The zero-order valence-electron chi connectivity index (χ0n) is 16.7. The standard InChI is InChI=1S/C20H14F3N5O4S/c1-32-20-13(3-2-8-25-20)33(30,31)28-12-7-6-11(21)14(16(12)23)9-4-5-10-17(15(9)22)26-27-18(10)19(24)29/h2-8,28H,1H3,(H2,24,29)(H,26,27). The largest absolute Gasteiger partial charge is 0.480 e. The number of amides is 1. The van der Waals surface area contributed by atoms with Crippen LogP contribution in [0, 0.1) is 17.5 Å². The number of fused-ring (bicyclic) bond motifs is 1. The maximum absolute atomic E-state index is 15.3. The summed E-state index contributed by atoms with van der Waals surface area (Å²) in [6.45, 7) is 0. The molecular formula is C20H14F3N5O4S. The number of hydrogen-bond donors (Lipinski definition) is 3. The highest BCUT2D eigenvalue weighted by Crippen LogP contribution is 2.36. The summed E-state index contributed by atoms with van der Waals surface area (Å²) >= 11 is 0. The van der Waals surface area contributed by atoms with Gasteiger partial charge in [-0.25, -0.2) is 26.6 Å². The Morgan fingerprint density at radius 1 is 1.12 bits per heavy atom. The Bertz CT molecular complexity index is 1520. The lowest BCUT2D eigenvalue weighted by atomic mass is 10.0. The Kier molecular flexibility index (Phi) is 5.41. The number of nitrogens with two attached hydrogens (primary N) is 1. The van der Waals surface area contributed by atoms with Crippen molar-refractivity contribution in [2.24, 2.45) is 5.73 Å². The Balaban J connectivity index is 1.83. The summed E-state index contributed by atoms with van der Waals surface area (Å²) in [5.74, 6) is -4.80. The second kappa shape index (κ2) is 8.09. The monoisotopic (exact) mass is 477 g/mol. The van der Waals surface area contributed by atoms with Gasteiger partial charge in [0.05, 0.1) is 18.4 Å². The minimum Gasteiger partial charge on any atom is -0.480 e. The Morgan fingerprint density at radius 2 is 1.88 bits per heavy atom. The number of hydrogen-bond acceptors (Lipinski definition) is 6. The first-order valence-electron chi connectivity index (χ1n) is 9.12. The number of nitrogens with zero attached hydrogens (tertiary/aromatic N) is 2. The number of sulfonamides is 1. The number of ether oxygens (including phenoxy) is 1. The summed E-state index contributed by atoms with van der Waals surface area (Å²) in [6, 6.07) is 6.39. The molecule has 4 rings (SSSR count). The molecule has 0 fully saturated rings. The molecule has 0 saturated carbocycles. The van der Waals surface area contributed by atoms with Gasteiger partial charge in [0.2, 0.25) is 5.88 Å². The van der Waals surface area contributed by atoms with Crippen molar-refractivity contribution in [3.8, 4) is 17.0 Å². The van der Waals surface area contributed by atoms with Crippen LogP contribution in [0.1, 0.15) is 10.5 Å². The molecule has 0 aliphatic heterocycles. The van der Waals surface area contributed by atoms with Crippen molar-refractivity contribution in [1.29, 1.82) is 0 Å². The van der Waals surface area contributed by atoms with Crippen LogP contribution in [0.4, 0.5) is 18.9 Å². The molecule has 4 aromatic rings. The number of methoxy groups -OCH3 is 1. The lowest BCUT2D eigenvalue weighted by molar-refractivity contribution is 0.0997. The first-order chi connectivity index (χ1) is 15.7. The van der Waals surface area contributed by atoms with Crippen molar-refractivity contribution in [2.45, 2.75) is 4.90 Å². The van der Waals surface area contributed by atoms with E-state index in [0.717, 1.165) is 18.2 Å². The highest BCUT2D eigenvalue weighted by Gasteiger charge is 2.26. The molecule has 0 bridgehead atoms. The molecule has 9 nitrogen and oxygen atoms in total. The van der Waals surface area contributed by atoms with E-state index in [1.54, 1.807) is 0 Å². The molecule has 0 aliphatic rings. The summed E-state index contributed by atoms with van der Waals surface area (Å²) in [7, 11) is -3.20. The molecule has 1 amide bonds. The van der Waals surface area contributed by atoms with E-state index in [4.69, 9.17) is 10.5 Å². The van der Waals surface area contributed by atoms with Gasteiger partial charge >= 0.3 is 0 Å². The van der Waals surface area contributed by atoms with Crippen LogP contribution in [0.2, 0.25) is 0 Å². The van der Waals surface area contributed by atoms with Gasteiger partial charge in [0.1, 0.15) is 21.9 Å². The van der Waals surface area contributed by atoms with Gasteiger partial charge in [0.25, 0.3) is 15.9 Å². The average molecular weight is 477 g/mol. The van der Waals surface area contributed by atoms with Gasteiger partial charge in [-0.3, -0.25) is 14.6 Å². The zero-order chi connectivity index (χ0) is 23.9. The molecule has 13 heteroatoms. The van der Waals surface area contributed by atoms with Crippen molar-refractivity contribution in [3.63, 3.8) is 0 Å². The lowest BCUT2D eigenvalue weighted by Crippen LogP contribution is -2.16. The van der Waals surface area contributed by atoms with Crippen molar-refractivity contribution in [1.82, 2.24) is 15.2 Å². The Hall–Kier alpha value is -4.13. The van der Waals surface area contributed by atoms with E-state index < -0.39 is 50.2 Å². The highest BCUT2D eigenvalue weighted by molar-refractivity contribution is 7.92. The molecule has 4 N–H and O–H groups in total. The fraction of sp³-hybridized carbons (Fsp3) is 0.0500. The number of carbonyl (C=O) groups excluding carboxylic acids is 1. The number of aromatic amines is 1. The SMILES string of the molecule is COc1ncccc1S(=O)(=O)Nc1ccc(F)c(-c2ccc3c(C(N)=O)[nH]nc3c2F)c1F. The maximum Gasteiger partial charge on any atom is 0.267 e. The summed E-state index contributed by atoms with van der Waals surface area (Å²) in [6.07, 6.45) is 1.30. The van der Waals surface area contributed by atoms with Gasteiger partial charge < -0.3 is 10.5 Å². The molecule has 170 valence electrons. The van der Waals surface area contributed by atoms with Crippen molar-refractivity contribution < 1.29 is 31.1 Å². The Morgan fingerprint density at radius 3 is 2.58 bits per heavy atom. The number of H-pyrrole nitrogens is 1. The number of benzene rings is 2. The van der Waals surface area contributed by atoms with Crippen LogP contribution < -0.4 is 15.2 Å². The average Bonchev–Trinajstić information content (AvgIpc) is 3.22. The zero-order valence-corrected chi connectivity index (χ0v) is 17.5. The number of carbonyl (C=O) groups is 1. The molecule has 2 heterocycles. The van der Waals surface area contributed by atoms with Crippen LogP contribution in [0.25, 0.3) is 22.0 Å². The highest BCUT2D eigenvalue weighted by atomic mass is 32.2. The summed E-state index contributed by atoms with van der Waals surface area (Å²) in [5.41, 5.74) is 2.62. The second-order valence-corrected chi connectivity index (χ2v) is 8.34. The van der Waals surface area contributed by atoms with E-state index in [9.17, 15) is 17.6 Å². The third kappa shape index (κ3) is 3.71. The number of aromatic nitrogens is 3. The van der Waals surface area contributed by atoms with E-state index >= 15 is 8.78 Å². The van der Waals surface area contributed by atoms with Crippen LogP contribution in [0.15, 0.2) is 47.5 Å². The minimum absolute atomic E-state index is 0.0186. The first kappa shape index (κ1) is 22.1. The van der Waals surface area contributed by atoms with E-state index in [1.165, 1.54) is 31.5 Å². The quantitative estimate of drug-likeness (QED) is 0.390. The molecule has 2 aromatic heterocycles. The van der Waals surface area contributed by atoms with E-state index in [1.807, 2.05) is 4.72 Å². The Labute approximate surface area is 184 Å². The van der Waals surface area contributed by atoms with Crippen LogP contribution in [-0.4, -0.2) is 36.6 Å². The van der Waals surface area contributed by atoms with Gasteiger partial charge in [-0.2, -0.15) is 5.10 Å². The predicted octanol–water partition coefficient (Wildman–Crippen LogP) is 2.95. The fourth-order valence-electron chi connectivity index (χ4n) is 3.24. The molecular weight excluding hydrogens is 463 g/mol. The number of anilines is 1. The molecule has 0 aliphatic carbocycles. The number of primary amides is 1. The van der Waals surface area contributed by atoms with Crippen molar-refractivity contribution >= 4 is 32.5 Å². The number of rotatable bonds is 6. The van der Waals surface area contributed by atoms with Crippen molar-refractivity contribution in [3.05, 3.63) is 65.7 Å². The fourth-order valence-corrected chi connectivity index (χ4v) is 4.42. The number of pyridine rings is 1. The predicted molar refractivity (Wildman–Crippen MR) is 112 cm³/mol. The third-order valence-corrected chi connectivity index (χ3v) is 6.11. The molecule has 0 atom stereocenters. The van der Waals surface area contributed by atoms with Crippen LogP contribution in [0.5, 0.6) is 5.88 Å². The minimum atomic E-state index is -4.40. The van der Waals surface area contributed by atoms with Crippen molar-refractivity contribution in [2.75, 3.05) is 11.8 Å². The van der Waals surface area contributed by atoms with Gasteiger partial charge in [-0.15, -0.1) is 0 Å². The van der Waals surface area contributed by atoms with E-state index in [2.05, 4.69) is 15.2 Å². The molecule has 0 spiro atoms. The molecule has 2 aromatic carbocycles. The molecule has 33 heavy (non-hydrogen) atoms. The van der Waals surface area contributed by atoms with E-state index in [-0.39, 0.29) is 27.4 Å². The summed E-state index contributed by atoms with van der Waals surface area (Å²) in [4.78, 5) is 14.8. The van der Waals surface area contributed by atoms with Crippen LogP contribution in [-0.2, 0) is 10.0 Å². The number of halogens is 3. The normalized spacial score (nSPS) is 11.5. The van der Waals surface area contributed by atoms with E-state index in [0.29, 0.717) is 0 Å². The molecule has 0 radical (unpaired) electrons. The topological polar surface area (TPSA) is 140 Å². The van der Waals surface area contributed by atoms with Gasteiger partial charge in [0.15, 0.2) is 11.6 Å². The lowest BCUT2D eigenvalue weighted by Gasteiger charge is -2.14. The summed E-state index contributed by atoms with van der Waals surface area (Å²) in [5, 5.41) is 5.94. The van der Waals surface area contributed by atoms with Crippen LogP contribution in [0.3, 0.4) is 0 Å². The third-order valence-electron chi connectivity index (χ3n) is 4.74. The second-order valence-electron chi connectivity index (χ2n) is 6.69. The maximum atomic E-state index is 15.3. The first-order valence-corrected chi connectivity index (χ1v) is 10.6.